The van der Waals surface area contributed by atoms with Crippen molar-refractivity contribution < 1.29 is 9.18 Å². The number of hydrogen-bond donors (Lipinski definition) is 1. The summed E-state index contributed by atoms with van der Waals surface area (Å²) >= 11 is 6.66. The van der Waals surface area contributed by atoms with E-state index in [-0.39, 0.29) is 10.6 Å². The van der Waals surface area contributed by atoms with Crippen molar-refractivity contribution in [1.29, 1.82) is 0 Å². The van der Waals surface area contributed by atoms with Crippen molar-refractivity contribution in [2.75, 3.05) is 5.32 Å². The van der Waals surface area contributed by atoms with Crippen LogP contribution in [-0.2, 0) is 0 Å². The maximum Gasteiger partial charge on any atom is 0.259 e. The molecule has 0 aliphatic heterocycles. The number of carbonyl (C=O) groups excluding carboxylic acids is 1. The summed E-state index contributed by atoms with van der Waals surface area (Å²) in [4.78, 5) is 11.6. The van der Waals surface area contributed by atoms with Crippen molar-refractivity contribution >= 4 is 34.9 Å². The van der Waals surface area contributed by atoms with Gasteiger partial charge in [-0.3, -0.25) is 4.79 Å². The summed E-state index contributed by atoms with van der Waals surface area (Å²) in [6.07, 6.45) is 0. The largest absolute Gasteiger partial charge is 0.304 e. The molecule has 0 aliphatic carbocycles. The van der Waals surface area contributed by atoms with E-state index < -0.39 is 11.7 Å². The summed E-state index contributed by atoms with van der Waals surface area (Å²) < 4.78 is 16.9. The van der Waals surface area contributed by atoms with Crippen LogP contribution in [0.5, 0.6) is 0 Å². The number of carbonyl (C=O) groups is 1. The number of halogens is 2. The molecule has 0 radical (unpaired) electrons. The summed E-state index contributed by atoms with van der Waals surface area (Å²) in [7, 11) is 0. The average Bonchev–Trinajstić information content (AvgIpc) is 2.70. The van der Waals surface area contributed by atoms with Gasteiger partial charge in [-0.1, -0.05) is 16.1 Å². The minimum atomic E-state index is -0.673. The Kier molecular flexibility index (Phi) is 3.12. The molecule has 2 aromatic rings. The zero-order valence-electron chi connectivity index (χ0n) is 7.78. The van der Waals surface area contributed by atoms with E-state index in [1.54, 1.807) is 5.38 Å². The third-order valence-corrected chi connectivity index (χ3v) is 2.52. The molecule has 1 heterocycles. The van der Waals surface area contributed by atoms with Gasteiger partial charge < -0.3 is 5.32 Å². The number of hydrogen-bond acceptors (Lipinski definition) is 4. The first-order chi connectivity index (χ1) is 7.66. The van der Waals surface area contributed by atoms with Gasteiger partial charge in [0.25, 0.3) is 5.91 Å². The lowest BCUT2D eigenvalue weighted by Crippen LogP contribution is -2.13. The maximum absolute atomic E-state index is 13.4. The standard InChI is InChI=1S/C9H5ClFN3OS/c10-5-1-2-6(7(11)3-5)9(15)12-8-4-16-14-13-8/h1-4H,(H,12,15). The first kappa shape index (κ1) is 11.0. The molecule has 16 heavy (non-hydrogen) atoms. The fourth-order valence-electron chi connectivity index (χ4n) is 1.08. The third-order valence-electron chi connectivity index (χ3n) is 1.78. The molecule has 82 valence electrons. The molecule has 2 rings (SSSR count). The molecule has 0 bridgehead atoms. The van der Waals surface area contributed by atoms with Crippen LogP contribution < -0.4 is 5.32 Å². The fraction of sp³-hybridized carbons (Fsp3) is 0. The molecule has 7 heteroatoms. The van der Waals surface area contributed by atoms with Crippen molar-refractivity contribution in [3.05, 3.63) is 40.0 Å². The van der Waals surface area contributed by atoms with Gasteiger partial charge in [0.15, 0.2) is 5.82 Å². The Labute approximate surface area is 99.2 Å². The van der Waals surface area contributed by atoms with Gasteiger partial charge in [-0.05, 0) is 29.7 Å². The quantitative estimate of drug-likeness (QED) is 0.900. The maximum atomic E-state index is 13.4. The van der Waals surface area contributed by atoms with Crippen molar-refractivity contribution in [3.63, 3.8) is 0 Å². The van der Waals surface area contributed by atoms with Gasteiger partial charge in [0.05, 0.1) is 10.9 Å². The minimum absolute atomic E-state index is 0.0857. The number of nitrogens with zero attached hydrogens (tertiary/aromatic N) is 2. The monoisotopic (exact) mass is 257 g/mol. The van der Waals surface area contributed by atoms with Crippen molar-refractivity contribution in [1.82, 2.24) is 9.59 Å². The molecule has 0 unspecified atom stereocenters. The number of rotatable bonds is 2. The van der Waals surface area contributed by atoms with Gasteiger partial charge in [-0.2, -0.15) is 0 Å². The van der Waals surface area contributed by atoms with E-state index in [2.05, 4.69) is 14.9 Å². The van der Waals surface area contributed by atoms with Crippen LogP contribution in [0.2, 0.25) is 5.02 Å². The van der Waals surface area contributed by atoms with E-state index >= 15 is 0 Å². The van der Waals surface area contributed by atoms with E-state index in [0.29, 0.717) is 5.82 Å². The van der Waals surface area contributed by atoms with Crippen LogP contribution in [0.3, 0.4) is 0 Å². The zero-order valence-corrected chi connectivity index (χ0v) is 9.35. The molecule has 1 N–H and O–H groups in total. The molecular weight excluding hydrogens is 253 g/mol. The van der Waals surface area contributed by atoms with E-state index in [0.717, 1.165) is 17.6 Å². The SMILES string of the molecule is O=C(Nc1csnn1)c1ccc(Cl)cc1F. The average molecular weight is 258 g/mol. The van der Waals surface area contributed by atoms with Gasteiger partial charge in [0.1, 0.15) is 5.82 Å². The van der Waals surface area contributed by atoms with Crippen molar-refractivity contribution in [2.24, 2.45) is 0 Å². The molecule has 0 spiro atoms. The third kappa shape index (κ3) is 2.34. The highest BCUT2D eigenvalue weighted by Gasteiger charge is 2.12. The van der Waals surface area contributed by atoms with Crippen LogP contribution in [0.1, 0.15) is 10.4 Å². The lowest BCUT2D eigenvalue weighted by Gasteiger charge is -2.02. The second-order valence-electron chi connectivity index (χ2n) is 2.87. The van der Waals surface area contributed by atoms with E-state index in [1.807, 2.05) is 0 Å². The van der Waals surface area contributed by atoms with Gasteiger partial charge in [-0.15, -0.1) is 5.10 Å². The highest BCUT2D eigenvalue weighted by Crippen LogP contribution is 2.16. The second-order valence-corrected chi connectivity index (χ2v) is 3.91. The smallest absolute Gasteiger partial charge is 0.259 e. The molecule has 0 aliphatic rings. The topological polar surface area (TPSA) is 54.9 Å². The highest BCUT2D eigenvalue weighted by atomic mass is 35.5. The van der Waals surface area contributed by atoms with E-state index in [9.17, 15) is 9.18 Å². The zero-order chi connectivity index (χ0) is 11.5. The number of anilines is 1. The first-order valence-electron chi connectivity index (χ1n) is 4.20. The number of benzene rings is 1. The van der Waals surface area contributed by atoms with Crippen LogP contribution in [0, 0.1) is 5.82 Å². The molecule has 0 saturated carbocycles. The van der Waals surface area contributed by atoms with Crippen LogP contribution in [0.4, 0.5) is 10.2 Å². The van der Waals surface area contributed by atoms with Crippen LogP contribution in [0.15, 0.2) is 23.6 Å². The summed E-state index contributed by atoms with van der Waals surface area (Å²) in [5.74, 6) is -0.959. The molecule has 1 aromatic carbocycles. The van der Waals surface area contributed by atoms with Gasteiger partial charge in [0.2, 0.25) is 0 Å². The molecule has 4 nitrogen and oxygen atoms in total. The van der Waals surface area contributed by atoms with Crippen molar-refractivity contribution in [2.45, 2.75) is 0 Å². The summed E-state index contributed by atoms with van der Waals surface area (Å²) in [5, 5.41) is 7.82. The number of aromatic nitrogens is 2. The highest BCUT2D eigenvalue weighted by molar-refractivity contribution is 7.03. The summed E-state index contributed by atoms with van der Waals surface area (Å²) in [6, 6.07) is 3.83. The van der Waals surface area contributed by atoms with E-state index in [4.69, 9.17) is 11.6 Å². The Balaban J connectivity index is 2.21. The van der Waals surface area contributed by atoms with Crippen LogP contribution in [0.25, 0.3) is 0 Å². The fourth-order valence-corrected chi connectivity index (χ4v) is 1.62. The number of amides is 1. The normalized spacial score (nSPS) is 10.1. The molecule has 1 aromatic heterocycles. The van der Waals surface area contributed by atoms with Gasteiger partial charge in [0, 0.05) is 5.02 Å². The first-order valence-corrected chi connectivity index (χ1v) is 5.42. The molecular formula is C9H5ClFN3OS. The summed E-state index contributed by atoms with van der Waals surface area (Å²) in [6.45, 7) is 0. The predicted octanol–water partition coefficient (Wildman–Crippen LogP) is 2.58. The molecule has 1 amide bonds. The molecule has 0 atom stereocenters. The Morgan fingerprint density at radius 1 is 1.50 bits per heavy atom. The lowest BCUT2D eigenvalue weighted by molar-refractivity contribution is 0.102. The Morgan fingerprint density at radius 3 is 2.94 bits per heavy atom. The van der Waals surface area contributed by atoms with E-state index in [1.165, 1.54) is 12.1 Å². The summed E-state index contributed by atoms with van der Waals surface area (Å²) in [5.41, 5.74) is -0.0857. The van der Waals surface area contributed by atoms with Crippen LogP contribution in [-0.4, -0.2) is 15.5 Å². The van der Waals surface area contributed by atoms with Crippen LogP contribution >= 0.6 is 23.1 Å². The predicted molar refractivity (Wildman–Crippen MR) is 59.3 cm³/mol. The molecule has 0 fully saturated rings. The molecule has 0 saturated heterocycles. The van der Waals surface area contributed by atoms with Gasteiger partial charge >= 0.3 is 0 Å². The lowest BCUT2D eigenvalue weighted by atomic mass is 10.2. The Morgan fingerprint density at radius 2 is 2.31 bits per heavy atom. The van der Waals surface area contributed by atoms with Gasteiger partial charge in [-0.25, -0.2) is 4.39 Å². The second kappa shape index (κ2) is 4.54. The Hall–Kier alpha value is -1.53. The Bertz CT molecular complexity index is 517. The minimum Gasteiger partial charge on any atom is -0.304 e. The number of nitrogens with one attached hydrogen (secondary N) is 1. The van der Waals surface area contributed by atoms with Crippen molar-refractivity contribution in [3.8, 4) is 0 Å².